The number of benzene rings is 1. The van der Waals surface area contributed by atoms with Gasteiger partial charge in [-0.3, -0.25) is 4.79 Å². The zero-order chi connectivity index (χ0) is 15.0. The Morgan fingerprint density at radius 2 is 1.95 bits per heavy atom. The number of amides is 1. The molecule has 1 aromatic rings. The monoisotopic (exact) mass is 353 g/mol. The maximum atomic E-state index is 12.6. The molecule has 0 radical (unpaired) electrons. The van der Waals surface area contributed by atoms with Gasteiger partial charge in [0.25, 0.3) is 5.91 Å². The van der Waals surface area contributed by atoms with Gasteiger partial charge in [0.05, 0.1) is 24.3 Å². The average molecular weight is 354 g/mol. The molecule has 3 rings (SSSR count). The third-order valence-corrected chi connectivity index (χ3v) is 4.65. The predicted molar refractivity (Wildman–Crippen MR) is 79.5 cm³/mol. The molecular weight excluding hydrogens is 338 g/mol. The molecule has 0 unspecified atom stereocenters. The van der Waals surface area contributed by atoms with E-state index >= 15 is 0 Å². The van der Waals surface area contributed by atoms with Crippen molar-refractivity contribution in [2.24, 2.45) is 0 Å². The van der Waals surface area contributed by atoms with Crippen LogP contribution in [0.2, 0.25) is 0 Å². The Morgan fingerprint density at radius 3 is 2.57 bits per heavy atom. The number of morpholine rings is 1. The van der Waals surface area contributed by atoms with Crippen molar-refractivity contribution in [3.8, 4) is 0 Å². The highest BCUT2D eigenvalue weighted by Crippen LogP contribution is 2.38. The minimum absolute atomic E-state index is 0.111. The van der Waals surface area contributed by atoms with Crippen LogP contribution >= 0.6 is 15.9 Å². The lowest BCUT2D eigenvalue weighted by Crippen LogP contribution is -2.57. The van der Waals surface area contributed by atoms with Crippen LogP contribution in [0.1, 0.15) is 40.0 Å². The third kappa shape index (κ3) is 2.82. The van der Waals surface area contributed by atoms with Crippen molar-refractivity contribution >= 4 is 27.8 Å². The van der Waals surface area contributed by atoms with E-state index in [2.05, 4.69) is 15.9 Å². The molecule has 1 N–H and O–H groups in total. The molecule has 112 valence electrons. The van der Waals surface area contributed by atoms with Crippen LogP contribution in [0.4, 0.5) is 0 Å². The Hall–Kier alpha value is -1.40. The number of nitrogens with zero attached hydrogens (tertiary/aromatic N) is 1. The fourth-order valence-corrected chi connectivity index (χ4v) is 3.40. The standard InChI is InChI=1S/C15H16BrNO4/c16-12-7-10(6-11(8-12)14(19)20)13(18)17-4-5-21-15(9-17)2-1-3-15/h6-8H,1-5,9H2,(H,19,20). The molecule has 1 saturated heterocycles. The maximum Gasteiger partial charge on any atom is 0.335 e. The third-order valence-electron chi connectivity index (χ3n) is 4.19. The van der Waals surface area contributed by atoms with Gasteiger partial charge in [0.15, 0.2) is 0 Å². The van der Waals surface area contributed by atoms with Crippen molar-refractivity contribution < 1.29 is 19.4 Å². The van der Waals surface area contributed by atoms with Crippen LogP contribution in [0.5, 0.6) is 0 Å². The van der Waals surface area contributed by atoms with Gasteiger partial charge in [-0.15, -0.1) is 0 Å². The van der Waals surface area contributed by atoms with Crippen LogP contribution in [0.3, 0.4) is 0 Å². The first-order chi connectivity index (χ1) is 9.99. The quantitative estimate of drug-likeness (QED) is 0.887. The largest absolute Gasteiger partial charge is 0.478 e. The summed E-state index contributed by atoms with van der Waals surface area (Å²) in [7, 11) is 0. The van der Waals surface area contributed by atoms with E-state index in [1.165, 1.54) is 12.1 Å². The smallest absolute Gasteiger partial charge is 0.335 e. The SMILES string of the molecule is O=C(O)c1cc(Br)cc(C(=O)N2CCOC3(CCC3)C2)c1. The molecule has 2 aliphatic rings. The molecule has 1 saturated carbocycles. The Bertz CT molecular complexity index is 597. The van der Waals surface area contributed by atoms with Crippen molar-refractivity contribution in [2.75, 3.05) is 19.7 Å². The molecule has 1 spiro atoms. The van der Waals surface area contributed by atoms with Crippen LogP contribution in [0.25, 0.3) is 0 Å². The van der Waals surface area contributed by atoms with E-state index < -0.39 is 5.97 Å². The number of ether oxygens (including phenoxy) is 1. The lowest BCUT2D eigenvalue weighted by molar-refractivity contribution is -0.142. The Labute approximate surface area is 131 Å². The van der Waals surface area contributed by atoms with Crippen molar-refractivity contribution in [1.29, 1.82) is 0 Å². The van der Waals surface area contributed by atoms with Gasteiger partial charge in [-0.1, -0.05) is 15.9 Å². The summed E-state index contributed by atoms with van der Waals surface area (Å²) < 4.78 is 6.40. The summed E-state index contributed by atoms with van der Waals surface area (Å²) in [6.07, 6.45) is 3.13. The topological polar surface area (TPSA) is 66.8 Å². The van der Waals surface area contributed by atoms with Crippen LogP contribution in [0, 0.1) is 0 Å². The van der Waals surface area contributed by atoms with Gasteiger partial charge in [-0.25, -0.2) is 4.79 Å². The number of carboxylic acid groups (broad SMARTS) is 1. The number of rotatable bonds is 2. The zero-order valence-electron chi connectivity index (χ0n) is 11.5. The fraction of sp³-hybridized carbons (Fsp3) is 0.467. The highest BCUT2D eigenvalue weighted by molar-refractivity contribution is 9.10. The predicted octanol–water partition coefficient (Wildman–Crippen LogP) is 2.54. The van der Waals surface area contributed by atoms with Gasteiger partial charge in [0, 0.05) is 16.6 Å². The second-order valence-electron chi connectivity index (χ2n) is 5.65. The van der Waals surface area contributed by atoms with Gasteiger partial charge in [-0.05, 0) is 37.5 Å². The van der Waals surface area contributed by atoms with Gasteiger partial charge >= 0.3 is 5.97 Å². The Kier molecular flexibility index (Phi) is 3.75. The van der Waals surface area contributed by atoms with Crippen molar-refractivity contribution in [2.45, 2.75) is 24.9 Å². The van der Waals surface area contributed by atoms with Gasteiger partial charge < -0.3 is 14.7 Å². The lowest BCUT2D eigenvalue weighted by atomic mass is 9.79. The molecule has 1 aliphatic carbocycles. The molecular formula is C15H16BrNO4. The van der Waals surface area contributed by atoms with Crippen molar-refractivity contribution in [3.63, 3.8) is 0 Å². The van der Waals surface area contributed by atoms with E-state index in [1.54, 1.807) is 11.0 Å². The molecule has 1 aliphatic heterocycles. The highest BCUT2D eigenvalue weighted by Gasteiger charge is 2.43. The van der Waals surface area contributed by atoms with Gasteiger partial charge in [-0.2, -0.15) is 0 Å². The van der Waals surface area contributed by atoms with Crippen LogP contribution in [0.15, 0.2) is 22.7 Å². The van der Waals surface area contributed by atoms with E-state index in [4.69, 9.17) is 9.84 Å². The Morgan fingerprint density at radius 1 is 1.24 bits per heavy atom. The van der Waals surface area contributed by atoms with E-state index in [0.29, 0.717) is 29.7 Å². The van der Waals surface area contributed by atoms with E-state index in [0.717, 1.165) is 19.3 Å². The van der Waals surface area contributed by atoms with E-state index in [9.17, 15) is 9.59 Å². The summed E-state index contributed by atoms with van der Waals surface area (Å²) in [4.78, 5) is 25.5. The summed E-state index contributed by atoms with van der Waals surface area (Å²) in [5, 5.41) is 9.09. The van der Waals surface area contributed by atoms with Crippen LogP contribution in [-0.4, -0.2) is 47.2 Å². The first-order valence-corrected chi connectivity index (χ1v) is 7.76. The molecule has 1 heterocycles. The molecule has 2 fully saturated rings. The number of halogens is 1. The lowest BCUT2D eigenvalue weighted by Gasteiger charge is -2.48. The van der Waals surface area contributed by atoms with E-state index in [1.807, 2.05) is 0 Å². The minimum atomic E-state index is -1.04. The molecule has 0 atom stereocenters. The van der Waals surface area contributed by atoms with Gasteiger partial charge in [0.2, 0.25) is 0 Å². The summed E-state index contributed by atoms with van der Waals surface area (Å²) in [6.45, 7) is 1.70. The fourth-order valence-electron chi connectivity index (χ4n) is 2.91. The zero-order valence-corrected chi connectivity index (χ0v) is 13.1. The molecule has 21 heavy (non-hydrogen) atoms. The highest BCUT2D eigenvalue weighted by atomic mass is 79.9. The van der Waals surface area contributed by atoms with Crippen LogP contribution in [-0.2, 0) is 4.74 Å². The second kappa shape index (κ2) is 5.42. The molecule has 6 heteroatoms. The number of carbonyl (C=O) groups is 2. The number of carbonyl (C=O) groups excluding carboxylic acids is 1. The molecule has 0 bridgehead atoms. The van der Waals surface area contributed by atoms with Crippen LogP contribution < -0.4 is 0 Å². The summed E-state index contributed by atoms with van der Waals surface area (Å²) in [5.74, 6) is -1.17. The van der Waals surface area contributed by atoms with Gasteiger partial charge in [0.1, 0.15) is 0 Å². The number of aromatic carboxylic acids is 1. The average Bonchev–Trinajstić information content (AvgIpc) is 2.44. The summed E-state index contributed by atoms with van der Waals surface area (Å²) >= 11 is 3.26. The van der Waals surface area contributed by atoms with E-state index in [-0.39, 0.29) is 17.1 Å². The van der Waals surface area contributed by atoms with Crippen molar-refractivity contribution in [3.05, 3.63) is 33.8 Å². The first kappa shape index (κ1) is 14.5. The maximum absolute atomic E-state index is 12.6. The number of carboxylic acids is 1. The minimum Gasteiger partial charge on any atom is -0.478 e. The first-order valence-electron chi connectivity index (χ1n) is 6.96. The number of hydrogen-bond donors (Lipinski definition) is 1. The van der Waals surface area contributed by atoms with Crippen molar-refractivity contribution in [1.82, 2.24) is 4.90 Å². The molecule has 1 aromatic carbocycles. The number of hydrogen-bond acceptors (Lipinski definition) is 3. The second-order valence-corrected chi connectivity index (χ2v) is 6.56. The molecule has 5 nitrogen and oxygen atoms in total. The summed E-state index contributed by atoms with van der Waals surface area (Å²) in [5.41, 5.74) is 0.354. The molecule has 0 aromatic heterocycles. The Balaban J connectivity index is 1.83. The molecule has 1 amide bonds. The summed E-state index contributed by atoms with van der Waals surface area (Å²) in [6, 6.07) is 4.59. The normalized spacial score (nSPS) is 20.1.